The van der Waals surface area contributed by atoms with Crippen molar-refractivity contribution in [1.29, 1.82) is 0 Å². The summed E-state index contributed by atoms with van der Waals surface area (Å²) < 4.78 is 2.66. The van der Waals surface area contributed by atoms with Crippen LogP contribution in [0.15, 0.2) is 0 Å². The topological polar surface area (TPSA) is 17.9 Å². The number of piperazine rings is 1. The second-order valence-corrected chi connectivity index (χ2v) is 8.88. The monoisotopic (exact) mass is 158 g/mol. The van der Waals surface area contributed by atoms with Crippen molar-refractivity contribution in [3.63, 3.8) is 0 Å². The summed E-state index contributed by atoms with van der Waals surface area (Å²) in [6.07, 6.45) is 0. The van der Waals surface area contributed by atoms with Crippen LogP contribution in [0.5, 0.6) is 0 Å². The molecule has 0 bridgehead atoms. The Morgan fingerprint density at radius 3 is 1.90 bits per heavy atom. The fraction of sp³-hybridized carbons (Fsp3) is 1.00. The van der Waals surface area contributed by atoms with Gasteiger partial charge in [-0.05, 0) is 19.6 Å². The van der Waals surface area contributed by atoms with Gasteiger partial charge in [0.1, 0.15) is 13.1 Å². The van der Waals surface area contributed by atoms with E-state index in [0.717, 1.165) is 0 Å². The third-order valence-electron chi connectivity index (χ3n) is 2.07. The van der Waals surface area contributed by atoms with Crippen molar-refractivity contribution in [2.45, 2.75) is 19.6 Å². The van der Waals surface area contributed by atoms with E-state index in [4.69, 9.17) is 0 Å². The molecule has 1 rings (SSSR count). The van der Waals surface area contributed by atoms with Crippen molar-refractivity contribution in [2.24, 2.45) is 0 Å². The van der Waals surface area contributed by atoms with Gasteiger partial charge in [-0.25, -0.2) is 4.57 Å². The smallest absolute Gasteiger partial charge is 0.306 e. The average molecular weight is 158 g/mol. The zero-order chi connectivity index (χ0) is 7.61. The first kappa shape index (κ1) is 8.24. The number of nitrogens with zero attached hydrogens (tertiary/aromatic N) is 1. The standard InChI is InChI=1S/C7H18N2Si/c1-10(2,3)9-6-4-8-5-7-9/h8H,4-7H2,1-3H3/q+1. The van der Waals surface area contributed by atoms with Gasteiger partial charge in [0.05, 0.1) is 0 Å². The lowest BCUT2D eigenvalue weighted by molar-refractivity contribution is 0.460. The number of hydrogen-bond acceptors (Lipinski definition) is 2. The summed E-state index contributed by atoms with van der Waals surface area (Å²) in [5.41, 5.74) is 0. The van der Waals surface area contributed by atoms with Crippen LogP contribution in [0.1, 0.15) is 0 Å². The largest absolute Gasteiger partial charge is 0.321 e. The molecule has 1 fully saturated rings. The maximum atomic E-state index is 3.37. The molecule has 3 heteroatoms. The summed E-state index contributed by atoms with van der Waals surface area (Å²) in [6.45, 7) is 12.1. The van der Waals surface area contributed by atoms with Crippen molar-refractivity contribution in [1.82, 2.24) is 9.88 Å². The zero-order valence-corrected chi connectivity index (χ0v) is 8.28. The van der Waals surface area contributed by atoms with E-state index in [1.807, 2.05) is 0 Å². The lowest BCUT2D eigenvalue weighted by Gasteiger charge is -2.27. The molecule has 0 aliphatic carbocycles. The van der Waals surface area contributed by atoms with Gasteiger partial charge in [0.2, 0.25) is 0 Å². The summed E-state index contributed by atoms with van der Waals surface area (Å²) in [6, 6.07) is 0. The molecule has 0 atom stereocenters. The molecule has 0 spiro atoms. The number of hydrogen-bond donors (Lipinski definition) is 1. The van der Waals surface area contributed by atoms with Crippen molar-refractivity contribution in [3.05, 3.63) is 0 Å². The Morgan fingerprint density at radius 1 is 1.10 bits per heavy atom. The van der Waals surface area contributed by atoms with Crippen LogP contribution in [0.2, 0.25) is 19.6 Å². The van der Waals surface area contributed by atoms with Crippen LogP contribution in [0, 0.1) is 0 Å². The zero-order valence-electron chi connectivity index (χ0n) is 7.28. The van der Waals surface area contributed by atoms with Gasteiger partial charge in [0.15, 0.2) is 0 Å². The van der Waals surface area contributed by atoms with E-state index in [1.165, 1.54) is 26.2 Å². The Kier molecular flexibility index (Phi) is 2.49. The molecule has 0 saturated carbocycles. The maximum absolute atomic E-state index is 3.37. The predicted octanol–water partition coefficient (Wildman–Crippen LogP) is 0.565. The average Bonchev–Trinajstić information content (AvgIpc) is 1.88. The number of rotatable bonds is 1. The highest BCUT2D eigenvalue weighted by Gasteiger charge is 2.35. The molecular weight excluding hydrogens is 140 g/mol. The summed E-state index contributed by atoms with van der Waals surface area (Å²) in [5.74, 6) is 0. The van der Waals surface area contributed by atoms with Crippen LogP contribution in [-0.4, -0.2) is 34.4 Å². The molecule has 1 radical (unpaired) electrons. The lowest BCUT2D eigenvalue weighted by atomic mass is 10.4. The third-order valence-corrected chi connectivity index (χ3v) is 4.41. The first-order chi connectivity index (χ1) is 4.61. The molecule has 0 amide bonds. The molecule has 1 heterocycles. The van der Waals surface area contributed by atoms with Crippen molar-refractivity contribution < 1.29 is 0 Å². The highest BCUT2D eigenvalue weighted by molar-refractivity contribution is 6.74. The van der Waals surface area contributed by atoms with Crippen LogP contribution in [0.4, 0.5) is 0 Å². The Bertz CT molecular complexity index is 103. The molecule has 2 nitrogen and oxygen atoms in total. The Labute approximate surface area is 64.7 Å². The molecule has 1 aliphatic rings. The third kappa shape index (κ3) is 2.07. The Hall–Kier alpha value is 0.137. The van der Waals surface area contributed by atoms with Gasteiger partial charge >= 0.3 is 8.24 Å². The summed E-state index contributed by atoms with van der Waals surface area (Å²) >= 11 is 0. The predicted molar refractivity (Wildman–Crippen MR) is 48.1 cm³/mol. The van der Waals surface area contributed by atoms with Crippen molar-refractivity contribution in [2.75, 3.05) is 26.2 Å². The van der Waals surface area contributed by atoms with Crippen molar-refractivity contribution >= 4 is 8.24 Å². The molecule has 1 N–H and O–H groups in total. The van der Waals surface area contributed by atoms with Crippen LogP contribution in [0.3, 0.4) is 0 Å². The van der Waals surface area contributed by atoms with Crippen molar-refractivity contribution in [3.8, 4) is 0 Å². The fourth-order valence-electron chi connectivity index (χ4n) is 1.34. The minimum absolute atomic E-state index is 0.963. The first-order valence-corrected chi connectivity index (χ1v) is 7.51. The van der Waals surface area contributed by atoms with Crippen LogP contribution < -0.4 is 9.88 Å². The second kappa shape index (κ2) is 3.03. The minimum atomic E-state index is -0.963. The molecule has 59 valence electrons. The van der Waals surface area contributed by atoms with E-state index in [2.05, 4.69) is 29.5 Å². The minimum Gasteiger partial charge on any atom is -0.306 e. The SMILES string of the molecule is C[Si](C)(C)[N+]1CCNCC1. The quantitative estimate of drug-likeness (QED) is 0.552. The van der Waals surface area contributed by atoms with Gasteiger partial charge in [-0.15, -0.1) is 0 Å². The van der Waals surface area contributed by atoms with Gasteiger partial charge in [-0.2, -0.15) is 0 Å². The maximum Gasteiger partial charge on any atom is 0.321 e. The van der Waals surface area contributed by atoms with E-state index < -0.39 is 8.24 Å². The molecule has 1 saturated heterocycles. The van der Waals surface area contributed by atoms with E-state index in [0.29, 0.717) is 0 Å². The molecule has 0 aromatic carbocycles. The van der Waals surface area contributed by atoms with Gasteiger partial charge in [-0.3, -0.25) is 0 Å². The summed E-state index contributed by atoms with van der Waals surface area (Å²) in [7, 11) is -0.963. The van der Waals surface area contributed by atoms with Gasteiger partial charge < -0.3 is 5.32 Å². The lowest BCUT2D eigenvalue weighted by Crippen LogP contribution is -2.59. The molecule has 10 heavy (non-hydrogen) atoms. The Balaban J connectivity index is 2.39. The number of nitrogens with one attached hydrogen (secondary N) is 1. The summed E-state index contributed by atoms with van der Waals surface area (Å²) in [5, 5.41) is 3.37. The van der Waals surface area contributed by atoms with E-state index >= 15 is 0 Å². The highest BCUT2D eigenvalue weighted by atomic mass is 28.3. The van der Waals surface area contributed by atoms with E-state index in [1.54, 1.807) is 0 Å². The fourth-order valence-corrected chi connectivity index (χ4v) is 2.90. The normalized spacial score (nSPS) is 23.1. The van der Waals surface area contributed by atoms with Gasteiger partial charge in [0, 0.05) is 13.1 Å². The van der Waals surface area contributed by atoms with Gasteiger partial charge in [-0.1, -0.05) is 0 Å². The molecule has 0 unspecified atom stereocenters. The summed E-state index contributed by atoms with van der Waals surface area (Å²) in [4.78, 5) is 0. The molecule has 0 aromatic rings. The molecule has 1 aliphatic heterocycles. The Morgan fingerprint density at radius 2 is 1.60 bits per heavy atom. The second-order valence-electron chi connectivity index (χ2n) is 3.91. The molecule has 0 aromatic heterocycles. The van der Waals surface area contributed by atoms with Crippen LogP contribution in [-0.2, 0) is 0 Å². The first-order valence-electron chi connectivity index (χ1n) is 4.06. The van der Waals surface area contributed by atoms with Gasteiger partial charge in [0.25, 0.3) is 0 Å². The molecular formula is C7H18N2Si+. The van der Waals surface area contributed by atoms with E-state index in [-0.39, 0.29) is 0 Å². The highest BCUT2D eigenvalue weighted by Crippen LogP contribution is 2.05. The van der Waals surface area contributed by atoms with E-state index in [9.17, 15) is 0 Å². The van der Waals surface area contributed by atoms with Crippen LogP contribution in [0.25, 0.3) is 0 Å². The van der Waals surface area contributed by atoms with Crippen LogP contribution >= 0.6 is 0 Å².